The Morgan fingerprint density at radius 3 is 3.00 bits per heavy atom. The molecule has 0 saturated heterocycles. The fraction of sp³-hybridized carbons (Fsp3) is 0.357. The first-order valence-electron chi connectivity index (χ1n) is 5.80. The van der Waals surface area contributed by atoms with Crippen molar-refractivity contribution in [1.82, 2.24) is 0 Å². The van der Waals surface area contributed by atoms with Crippen LogP contribution in [0, 0.1) is 0 Å². The minimum atomic E-state index is -0.134. The molecule has 0 bridgehead atoms. The van der Waals surface area contributed by atoms with E-state index in [0.29, 0.717) is 6.42 Å². The molecule has 84 valence electrons. The third-order valence-corrected chi connectivity index (χ3v) is 2.70. The summed E-state index contributed by atoms with van der Waals surface area (Å²) in [7, 11) is 0. The summed E-state index contributed by atoms with van der Waals surface area (Å²) in [6.07, 6.45) is 5.31. The van der Waals surface area contributed by atoms with Crippen LogP contribution in [-0.2, 0) is 16.0 Å². The Kier molecular flexibility index (Phi) is 3.40. The molecule has 0 aliphatic heterocycles. The molecule has 0 heterocycles. The first kappa shape index (κ1) is 10.9. The predicted molar refractivity (Wildman–Crippen MR) is 63.7 cm³/mol. The van der Waals surface area contributed by atoms with Crippen LogP contribution in [0.1, 0.15) is 37.3 Å². The third-order valence-electron chi connectivity index (χ3n) is 2.70. The SMILES string of the molecule is CCCC(=O)OC1=CCCc2ccccc21. The molecule has 2 nitrogen and oxygen atoms in total. The largest absolute Gasteiger partial charge is 0.426 e. The van der Waals surface area contributed by atoms with Crippen LogP contribution in [0.2, 0.25) is 0 Å². The Morgan fingerprint density at radius 2 is 2.19 bits per heavy atom. The van der Waals surface area contributed by atoms with Gasteiger partial charge in [0.1, 0.15) is 5.76 Å². The van der Waals surface area contributed by atoms with Crippen LogP contribution >= 0.6 is 0 Å². The molecule has 2 heteroatoms. The highest BCUT2D eigenvalue weighted by molar-refractivity contribution is 5.79. The molecule has 0 amide bonds. The van der Waals surface area contributed by atoms with Gasteiger partial charge in [0.25, 0.3) is 0 Å². The van der Waals surface area contributed by atoms with E-state index in [-0.39, 0.29) is 5.97 Å². The van der Waals surface area contributed by atoms with Gasteiger partial charge in [-0.25, -0.2) is 0 Å². The summed E-state index contributed by atoms with van der Waals surface area (Å²) in [5, 5.41) is 0. The van der Waals surface area contributed by atoms with Gasteiger partial charge in [-0.05, 0) is 30.9 Å². The van der Waals surface area contributed by atoms with E-state index in [1.807, 2.05) is 31.2 Å². The minimum Gasteiger partial charge on any atom is -0.426 e. The quantitative estimate of drug-likeness (QED) is 0.724. The fourth-order valence-corrected chi connectivity index (χ4v) is 1.92. The summed E-state index contributed by atoms with van der Waals surface area (Å²) >= 11 is 0. The van der Waals surface area contributed by atoms with Crippen molar-refractivity contribution >= 4 is 11.7 Å². The van der Waals surface area contributed by atoms with E-state index >= 15 is 0 Å². The van der Waals surface area contributed by atoms with Crippen molar-refractivity contribution in [2.24, 2.45) is 0 Å². The average molecular weight is 216 g/mol. The van der Waals surface area contributed by atoms with E-state index in [1.54, 1.807) is 0 Å². The van der Waals surface area contributed by atoms with Crippen LogP contribution in [0.5, 0.6) is 0 Å². The zero-order valence-electron chi connectivity index (χ0n) is 9.53. The number of esters is 1. The lowest BCUT2D eigenvalue weighted by molar-refractivity contribution is -0.136. The number of carbonyl (C=O) groups is 1. The zero-order chi connectivity index (χ0) is 11.4. The number of hydrogen-bond acceptors (Lipinski definition) is 2. The van der Waals surface area contributed by atoms with E-state index < -0.39 is 0 Å². The molecule has 1 aromatic carbocycles. The Labute approximate surface area is 95.9 Å². The molecule has 0 fully saturated rings. The van der Waals surface area contributed by atoms with Crippen LogP contribution in [0.3, 0.4) is 0 Å². The second-order valence-corrected chi connectivity index (χ2v) is 3.99. The number of benzene rings is 1. The first-order valence-corrected chi connectivity index (χ1v) is 5.80. The van der Waals surface area contributed by atoms with Gasteiger partial charge >= 0.3 is 5.97 Å². The van der Waals surface area contributed by atoms with Crippen molar-refractivity contribution in [3.8, 4) is 0 Å². The monoisotopic (exact) mass is 216 g/mol. The van der Waals surface area contributed by atoms with Crippen LogP contribution < -0.4 is 0 Å². The molecule has 0 aromatic heterocycles. The van der Waals surface area contributed by atoms with Crippen LogP contribution in [0.4, 0.5) is 0 Å². The summed E-state index contributed by atoms with van der Waals surface area (Å²) in [6.45, 7) is 1.98. The normalized spacial score (nSPS) is 13.9. The number of carbonyl (C=O) groups excluding carboxylic acids is 1. The number of hydrogen-bond donors (Lipinski definition) is 0. The highest BCUT2D eigenvalue weighted by Crippen LogP contribution is 2.27. The summed E-state index contributed by atoms with van der Waals surface area (Å²) in [4.78, 5) is 11.5. The molecule has 0 atom stereocenters. The van der Waals surface area contributed by atoms with E-state index in [4.69, 9.17) is 4.74 Å². The minimum absolute atomic E-state index is 0.134. The Bertz CT molecular complexity index is 418. The lowest BCUT2D eigenvalue weighted by Crippen LogP contribution is -2.07. The molecule has 0 saturated carbocycles. The molecule has 1 aromatic rings. The lowest BCUT2D eigenvalue weighted by Gasteiger charge is -2.16. The number of aryl methyl sites for hydroxylation is 1. The molecule has 0 N–H and O–H groups in total. The highest BCUT2D eigenvalue weighted by atomic mass is 16.5. The van der Waals surface area contributed by atoms with Gasteiger partial charge in [-0.1, -0.05) is 31.2 Å². The highest BCUT2D eigenvalue weighted by Gasteiger charge is 2.15. The molecular weight excluding hydrogens is 200 g/mol. The van der Waals surface area contributed by atoms with Gasteiger partial charge in [0.15, 0.2) is 0 Å². The number of ether oxygens (including phenoxy) is 1. The topological polar surface area (TPSA) is 26.3 Å². The molecule has 0 unspecified atom stereocenters. The molecule has 0 spiro atoms. The number of rotatable bonds is 3. The lowest BCUT2D eigenvalue weighted by atomic mass is 9.96. The Morgan fingerprint density at radius 1 is 1.38 bits per heavy atom. The predicted octanol–water partition coefficient (Wildman–Crippen LogP) is 3.32. The van der Waals surface area contributed by atoms with Crippen LogP contribution in [-0.4, -0.2) is 5.97 Å². The van der Waals surface area contributed by atoms with Gasteiger partial charge in [-0.2, -0.15) is 0 Å². The standard InChI is InChI=1S/C14H16O2/c1-2-6-14(15)16-13-10-5-8-11-7-3-4-9-12(11)13/h3-4,7,9-10H,2,5-6,8H2,1H3. The van der Waals surface area contributed by atoms with Gasteiger partial charge < -0.3 is 4.74 Å². The Hall–Kier alpha value is -1.57. The van der Waals surface area contributed by atoms with Gasteiger partial charge in [0.2, 0.25) is 0 Å². The van der Waals surface area contributed by atoms with Crippen molar-refractivity contribution in [2.45, 2.75) is 32.6 Å². The molecule has 16 heavy (non-hydrogen) atoms. The number of allylic oxidation sites excluding steroid dienone is 1. The third kappa shape index (κ3) is 2.32. The second kappa shape index (κ2) is 4.97. The summed E-state index contributed by atoms with van der Waals surface area (Å²) in [5.41, 5.74) is 2.34. The van der Waals surface area contributed by atoms with E-state index in [1.165, 1.54) is 5.56 Å². The molecular formula is C14H16O2. The molecule has 2 rings (SSSR count). The van der Waals surface area contributed by atoms with E-state index in [2.05, 4.69) is 6.07 Å². The maximum atomic E-state index is 11.5. The summed E-state index contributed by atoms with van der Waals surface area (Å²) < 4.78 is 5.38. The maximum absolute atomic E-state index is 11.5. The smallest absolute Gasteiger partial charge is 0.311 e. The maximum Gasteiger partial charge on any atom is 0.311 e. The second-order valence-electron chi connectivity index (χ2n) is 3.99. The van der Waals surface area contributed by atoms with Crippen LogP contribution in [0.15, 0.2) is 30.3 Å². The molecule has 0 radical (unpaired) electrons. The fourth-order valence-electron chi connectivity index (χ4n) is 1.92. The van der Waals surface area contributed by atoms with Gasteiger partial charge in [-0.3, -0.25) is 4.79 Å². The zero-order valence-corrected chi connectivity index (χ0v) is 9.53. The first-order chi connectivity index (χ1) is 7.81. The van der Waals surface area contributed by atoms with E-state index in [9.17, 15) is 4.79 Å². The van der Waals surface area contributed by atoms with Crippen molar-refractivity contribution in [2.75, 3.05) is 0 Å². The molecule has 1 aliphatic carbocycles. The van der Waals surface area contributed by atoms with Crippen LogP contribution in [0.25, 0.3) is 5.76 Å². The summed E-state index contributed by atoms with van der Waals surface area (Å²) in [6, 6.07) is 8.11. The van der Waals surface area contributed by atoms with Crippen molar-refractivity contribution < 1.29 is 9.53 Å². The van der Waals surface area contributed by atoms with E-state index in [0.717, 1.165) is 30.6 Å². The van der Waals surface area contributed by atoms with Gasteiger partial charge in [-0.15, -0.1) is 0 Å². The van der Waals surface area contributed by atoms with Gasteiger partial charge in [0, 0.05) is 12.0 Å². The number of fused-ring (bicyclic) bond motifs is 1. The Balaban J connectivity index is 2.16. The summed E-state index contributed by atoms with van der Waals surface area (Å²) in [5.74, 6) is 0.603. The molecule has 1 aliphatic rings. The van der Waals surface area contributed by atoms with Crippen molar-refractivity contribution in [1.29, 1.82) is 0 Å². The van der Waals surface area contributed by atoms with Crippen molar-refractivity contribution in [3.63, 3.8) is 0 Å². The van der Waals surface area contributed by atoms with Gasteiger partial charge in [0.05, 0.1) is 0 Å². The van der Waals surface area contributed by atoms with Crippen molar-refractivity contribution in [3.05, 3.63) is 41.5 Å². The average Bonchev–Trinajstić information content (AvgIpc) is 2.30.